The van der Waals surface area contributed by atoms with Crippen molar-refractivity contribution in [1.82, 2.24) is 10.2 Å². The molecule has 0 saturated carbocycles. The second-order valence-corrected chi connectivity index (χ2v) is 10.4. The quantitative estimate of drug-likeness (QED) is 0.352. The lowest BCUT2D eigenvalue weighted by atomic mass is 10.1. The molecule has 8 nitrogen and oxygen atoms in total. The summed E-state index contributed by atoms with van der Waals surface area (Å²) in [5, 5.41) is 2.80. The Labute approximate surface area is 225 Å². The Bertz CT molecular complexity index is 1280. The van der Waals surface area contributed by atoms with Crippen LogP contribution in [0.3, 0.4) is 0 Å². The highest BCUT2D eigenvalue weighted by Crippen LogP contribution is 2.26. The molecule has 0 spiro atoms. The number of amides is 2. The number of sulfonamides is 1. The molecule has 0 aliphatic heterocycles. The number of rotatable bonds is 13. The maximum atomic E-state index is 13.9. The van der Waals surface area contributed by atoms with Gasteiger partial charge in [0.05, 0.1) is 17.2 Å². The number of ether oxygens (including phenoxy) is 1. The molecule has 0 bridgehead atoms. The zero-order valence-corrected chi connectivity index (χ0v) is 22.9. The fourth-order valence-electron chi connectivity index (χ4n) is 4.12. The van der Waals surface area contributed by atoms with Crippen LogP contribution in [-0.2, 0) is 26.2 Å². The molecule has 0 heterocycles. The molecule has 0 saturated heterocycles. The van der Waals surface area contributed by atoms with E-state index in [4.69, 9.17) is 4.74 Å². The van der Waals surface area contributed by atoms with Crippen molar-refractivity contribution in [3.63, 3.8) is 0 Å². The van der Waals surface area contributed by atoms with Crippen LogP contribution in [0.4, 0.5) is 5.69 Å². The summed E-state index contributed by atoms with van der Waals surface area (Å²) in [7, 11) is -4.10. The minimum atomic E-state index is -4.10. The smallest absolute Gasteiger partial charge is 0.264 e. The first-order chi connectivity index (χ1) is 18.3. The van der Waals surface area contributed by atoms with E-state index in [9.17, 15) is 18.0 Å². The predicted octanol–water partition coefficient (Wildman–Crippen LogP) is 4.22. The van der Waals surface area contributed by atoms with Crippen LogP contribution in [0.5, 0.6) is 5.75 Å². The summed E-state index contributed by atoms with van der Waals surface area (Å²) in [6, 6.07) is 23.1. The van der Waals surface area contributed by atoms with Gasteiger partial charge in [-0.2, -0.15) is 0 Å². The van der Waals surface area contributed by atoms with Crippen LogP contribution in [0, 0.1) is 0 Å². The Morgan fingerprint density at radius 2 is 1.47 bits per heavy atom. The van der Waals surface area contributed by atoms with Crippen molar-refractivity contribution in [3.8, 4) is 5.75 Å². The summed E-state index contributed by atoms with van der Waals surface area (Å²) in [5.41, 5.74) is 1.15. The average Bonchev–Trinajstić information content (AvgIpc) is 2.93. The monoisotopic (exact) mass is 537 g/mol. The van der Waals surface area contributed by atoms with Gasteiger partial charge >= 0.3 is 0 Å². The number of likely N-dealkylation sites (N-methyl/N-ethyl adjacent to an activating group) is 1. The molecule has 0 aromatic heterocycles. The third-order valence-corrected chi connectivity index (χ3v) is 7.77. The molecular weight excluding hydrogens is 502 g/mol. The molecule has 0 unspecified atom stereocenters. The van der Waals surface area contributed by atoms with Crippen molar-refractivity contribution in [2.24, 2.45) is 0 Å². The third-order valence-electron chi connectivity index (χ3n) is 5.98. The van der Waals surface area contributed by atoms with E-state index in [0.29, 0.717) is 31.0 Å². The molecule has 0 aliphatic rings. The van der Waals surface area contributed by atoms with E-state index >= 15 is 0 Å². The van der Waals surface area contributed by atoms with Crippen LogP contribution in [0.15, 0.2) is 89.8 Å². The van der Waals surface area contributed by atoms with Crippen molar-refractivity contribution in [2.75, 3.05) is 24.0 Å². The summed E-state index contributed by atoms with van der Waals surface area (Å²) in [4.78, 5) is 28.4. The van der Waals surface area contributed by atoms with Gasteiger partial charge in [-0.1, -0.05) is 55.5 Å². The zero-order valence-electron chi connectivity index (χ0n) is 22.0. The van der Waals surface area contributed by atoms with Crippen molar-refractivity contribution < 1.29 is 22.7 Å². The molecular formula is C29H35N3O5S. The summed E-state index contributed by atoms with van der Waals surface area (Å²) >= 11 is 0. The number of carbonyl (C=O) groups excluding carboxylic acids is 2. The topological polar surface area (TPSA) is 96.0 Å². The first-order valence-electron chi connectivity index (χ1n) is 12.7. The van der Waals surface area contributed by atoms with E-state index in [1.54, 1.807) is 42.5 Å². The Kier molecular flexibility index (Phi) is 10.3. The number of nitrogens with one attached hydrogen (secondary N) is 1. The van der Waals surface area contributed by atoms with Gasteiger partial charge in [-0.05, 0) is 62.2 Å². The molecule has 0 aliphatic carbocycles. The largest absolute Gasteiger partial charge is 0.494 e. The Morgan fingerprint density at radius 3 is 2.03 bits per heavy atom. The molecule has 2 amide bonds. The number of hydrogen-bond acceptors (Lipinski definition) is 5. The lowest BCUT2D eigenvalue weighted by Gasteiger charge is -2.33. The Hall–Kier alpha value is -3.85. The zero-order chi connectivity index (χ0) is 27.5. The fourth-order valence-corrected chi connectivity index (χ4v) is 5.55. The van der Waals surface area contributed by atoms with Crippen LogP contribution in [0.2, 0.25) is 0 Å². The normalized spacial score (nSPS) is 11.9. The molecule has 0 radical (unpaired) electrons. The summed E-state index contributed by atoms with van der Waals surface area (Å²) in [6.45, 7) is 6.08. The van der Waals surface area contributed by atoms with Gasteiger partial charge in [-0.3, -0.25) is 13.9 Å². The first-order valence-corrected chi connectivity index (χ1v) is 14.2. The fraction of sp³-hybridized carbons (Fsp3) is 0.310. The number of carbonyl (C=O) groups is 2. The highest BCUT2D eigenvalue weighted by atomic mass is 32.2. The van der Waals surface area contributed by atoms with Gasteiger partial charge in [0.1, 0.15) is 18.3 Å². The van der Waals surface area contributed by atoms with Crippen molar-refractivity contribution >= 4 is 27.5 Å². The highest BCUT2D eigenvalue weighted by molar-refractivity contribution is 7.92. The Morgan fingerprint density at radius 1 is 0.868 bits per heavy atom. The molecule has 3 rings (SSSR count). The summed E-state index contributed by atoms with van der Waals surface area (Å²) < 4.78 is 34.2. The lowest BCUT2D eigenvalue weighted by molar-refractivity contribution is -0.140. The van der Waals surface area contributed by atoms with Gasteiger partial charge in [0.25, 0.3) is 10.0 Å². The van der Waals surface area contributed by atoms with Crippen LogP contribution < -0.4 is 14.4 Å². The molecule has 9 heteroatoms. The van der Waals surface area contributed by atoms with Gasteiger partial charge in [0.2, 0.25) is 11.8 Å². The molecule has 1 N–H and O–H groups in total. The number of anilines is 1. The van der Waals surface area contributed by atoms with E-state index in [-0.39, 0.29) is 17.3 Å². The standard InChI is InChI=1S/C29H35N3O5S/c1-4-27(29(34)30-5-2)31(21-23-13-9-7-10-14-23)28(33)22-32(24-17-19-25(20-18-24)37-6-3)38(35,36)26-15-11-8-12-16-26/h7-20,27H,4-6,21-22H2,1-3H3,(H,30,34)/t27-/m1/s1. The number of nitrogens with zero attached hydrogens (tertiary/aromatic N) is 2. The van der Waals surface area contributed by atoms with Gasteiger partial charge in [-0.15, -0.1) is 0 Å². The molecule has 1 atom stereocenters. The van der Waals surface area contributed by atoms with Gasteiger partial charge in [-0.25, -0.2) is 8.42 Å². The van der Waals surface area contributed by atoms with Gasteiger partial charge in [0, 0.05) is 13.1 Å². The molecule has 0 fully saturated rings. The van der Waals surface area contributed by atoms with Crippen molar-refractivity contribution in [2.45, 2.75) is 44.7 Å². The van der Waals surface area contributed by atoms with Crippen LogP contribution in [0.25, 0.3) is 0 Å². The van der Waals surface area contributed by atoms with Crippen LogP contribution in [0.1, 0.15) is 32.8 Å². The van der Waals surface area contributed by atoms with Gasteiger partial charge < -0.3 is 15.0 Å². The van der Waals surface area contributed by atoms with E-state index in [0.717, 1.165) is 9.87 Å². The minimum absolute atomic E-state index is 0.0621. The van der Waals surface area contributed by atoms with Crippen LogP contribution in [-0.4, -0.2) is 50.9 Å². The summed E-state index contributed by atoms with van der Waals surface area (Å²) in [6.07, 6.45) is 0.374. The van der Waals surface area contributed by atoms with E-state index in [1.165, 1.54) is 17.0 Å². The van der Waals surface area contributed by atoms with E-state index < -0.39 is 28.5 Å². The second kappa shape index (κ2) is 13.6. The third kappa shape index (κ3) is 7.13. The second-order valence-electron chi connectivity index (χ2n) is 8.58. The maximum Gasteiger partial charge on any atom is 0.264 e. The van der Waals surface area contributed by atoms with Crippen LogP contribution >= 0.6 is 0 Å². The number of benzene rings is 3. The predicted molar refractivity (Wildman–Crippen MR) is 148 cm³/mol. The summed E-state index contributed by atoms with van der Waals surface area (Å²) in [5.74, 6) is -0.175. The molecule has 3 aromatic rings. The lowest BCUT2D eigenvalue weighted by Crippen LogP contribution is -2.52. The molecule has 38 heavy (non-hydrogen) atoms. The average molecular weight is 538 g/mol. The van der Waals surface area contributed by atoms with Crippen molar-refractivity contribution in [3.05, 3.63) is 90.5 Å². The van der Waals surface area contributed by atoms with Gasteiger partial charge in [0.15, 0.2) is 0 Å². The SMILES string of the molecule is CCNC(=O)[C@@H](CC)N(Cc1ccccc1)C(=O)CN(c1ccc(OCC)cc1)S(=O)(=O)c1ccccc1. The van der Waals surface area contributed by atoms with Crippen molar-refractivity contribution in [1.29, 1.82) is 0 Å². The molecule has 3 aromatic carbocycles. The maximum absolute atomic E-state index is 13.9. The molecule has 202 valence electrons. The highest BCUT2D eigenvalue weighted by Gasteiger charge is 2.33. The van der Waals surface area contributed by atoms with E-state index in [1.807, 2.05) is 51.1 Å². The first kappa shape index (κ1) is 28.7. The Balaban J connectivity index is 2.03. The minimum Gasteiger partial charge on any atom is -0.494 e. The van der Waals surface area contributed by atoms with E-state index in [2.05, 4.69) is 5.32 Å². The number of hydrogen-bond donors (Lipinski definition) is 1.